The zero-order chi connectivity index (χ0) is 22.7. The second-order valence-corrected chi connectivity index (χ2v) is 8.13. The van der Waals surface area contributed by atoms with E-state index in [0.717, 1.165) is 42.4 Å². The van der Waals surface area contributed by atoms with E-state index >= 15 is 0 Å². The summed E-state index contributed by atoms with van der Waals surface area (Å²) >= 11 is 0. The highest BCUT2D eigenvalue weighted by Crippen LogP contribution is 2.48. The SMILES string of the molecule is CCCCC(=O)OC1(COc2c(-c3cccc4c3COC4=O)ccc(OC)c2OC)CC1. The number of unbranched alkanes of at least 4 members (excludes halogenated alkanes) is 1. The fraction of sp³-hybridized carbons (Fsp3) is 0.440. The Morgan fingerprint density at radius 1 is 1.03 bits per heavy atom. The summed E-state index contributed by atoms with van der Waals surface area (Å²) in [7, 11) is 3.11. The van der Waals surface area contributed by atoms with Crippen LogP contribution in [0.5, 0.6) is 17.2 Å². The molecule has 0 unspecified atom stereocenters. The largest absolute Gasteiger partial charge is 0.493 e. The predicted molar refractivity (Wildman–Crippen MR) is 117 cm³/mol. The first-order valence-corrected chi connectivity index (χ1v) is 10.9. The van der Waals surface area contributed by atoms with Crippen molar-refractivity contribution in [3.8, 4) is 28.4 Å². The summed E-state index contributed by atoms with van der Waals surface area (Å²) in [5.74, 6) is 0.926. The lowest BCUT2D eigenvalue weighted by Gasteiger charge is -2.22. The number of cyclic esters (lactones) is 1. The number of carbonyl (C=O) groups excluding carboxylic acids is 2. The van der Waals surface area contributed by atoms with Gasteiger partial charge < -0.3 is 23.7 Å². The Labute approximate surface area is 187 Å². The van der Waals surface area contributed by atoms with Crippen molar-refractivity contribution in [1.29, 1.82) is 0 Å². The van der Waals surface area contributed by atoms with E-state index in [9.17, 15) is 9.59 Å². The number of rotatable bonds is 10. The summed E-state index contributed by atoms with van der Waals surface area (Å²) < 4.78 is 28.3. The summed E-state index contributed by atoms with van der Waals surface area (Å²) in [6.45, 7) is 2.46. The summed E-state index contributed by atoms with van der Waals surface area (Å²) in [5, 5.41) is 0. The van der Waals surface area contributed by atoms with Gasteiger partial charge in [0.25, 0.3) is 0 Å². The molecule has 0 radical (unpaired) electrons. The van der Waals surface area contributed by atoms with E-state index in [-0.39, 0.29) is 25.2 Å². The van der Waals surface area contributed by atoms with E-state index in [4.69, 9.17) is 23.7 Å². The van der Waals surface area contributed by atoms with Crippen molar-refractivity contribution >= 4 is 11.9 Å². The van der Waals surface area contributed by atoms with E-state index < -0.39 is 5.60 Å². The van der Waals surface area contributed by atoms with Crippen LogP contribution in [-0.2, 0) is 20.9 Å². The first kappa shape index (κ1) is 22.0. The smallest absolute Gasteiger partial charge is 0.338 e. The van der Waals surface area contributed by atoms with Crippen molar-refractivity contribution in [2.75, 3.05) is 20.8 Å². The molecule has 1 saturated carbocycles. The quantitative estimate of drug-likeness (QED) is 0.496. The van der Waals surface area contributed by atoms with E-state index in [0.29, 0.717) is 29.2 Å². The van der Waals surface area contributed by atoms with Crippen LogP contribution in [0.1, 0.15) is 54.9 Å². The van der Waals surface area contributed by atoms with E-state index in [1.54, 1.807) is 26.4 Å². The third-order valence-electron chi connectivity index (χ3n) is 5.89. The van der Waals surface area contributed by atoms with Crippen LogP contribution in [0.4, 0.5) is 0 Å². The van der Waals surface area contributed by atoms with E-state index in [1.165, 1.54) is 0 Å². The van der Waals surface area contributed by atoms with Gasteiger partial charge in [0.05, 0.1) is 19.8 Å². The van der Waals surface area contributed by atoms with Gasteiger partial charge in [0.1, 0.15) is 18.8 Å². The topological polar surface area (TPSA) is 80.3 Å². The number of ether oxygens (including phenoxy) is 5. The highest BCUT2D eigenvalue weighted by atomic mass is 16.6. The molecule has 0 atom stereocenters. The van der Waals surface area contributed by atoms with Gasteiger partial charge >= 0.3 is 11.9 Å². The third kappa shape index (κ3) is 4.24. The number of methoxy groups -OCH3 is 2. The Kier molecular flexibility index (Phi) is 6.26. The summed E-state index contributed by atoms with van der Waals surface area (Å²) in [5.41, 5.74) is 2.34. The number of esters is 2. The molecule has 1 aliphatic heterocycles. The Balaban J connectivity index is 1.66. The van der Waals surface area contributed by atoms with Gasteiger partial charge in [-0.2, -0.15) is 0 Å². The molecule has 32 heavy (non-hydrogen) atoms. The van der Waals surface area contributed by atoms with Gasteiger partial charge in [-0.05, 0) is 43.0 Å². The molecule has 170 valence electrons. The average Bonchev–Trinajstić information content (AvgIpc) is 3.47. The molecule has 1 aliphatic carbocycles. The van der Waals surface area contributed by atoms with Crippen LogP contribution in [0.15, 0.2) is 30.3 Å². The van der Waals surface area contributed by atoms with Gasteiger partial charge in [0.15, 0.2) is 11.5 Å². The Hall–Kier alpha value is -3.22. The van der Waals surface area contributed by atoms with Crippen LogP contribution in [0.3, 0.4) is 0 Å². The molecule has 7 heteroatoms. The monoisotopic (exact) mass is 440 g/mol. The summed E-state index contributed by atoms with van der Waals surface area (Å²) in [4.78, 5) is 24.2. The molecule has 0 spiro atoms. The lowest BCUT2D eigenvalue weighted by Crippen LogP contribution is -2.27. The highest BCUT2D eigenvalue weighted by molar-refractivity contribution is 5.96. The minimum atomic E-state index is -0.603. The number of fused-ring (bicyclic) bond motifs is 1. The van der Waals surface area contributed by atoms with Gasteiger partial charge in [-0.15, -0.1) is 0 Å². The van der Waals surface area contributed by atoms with Gasteiger partial charge in [0.2, 0.25) is 5.75 Å². The lowest BCUT2D eigenvalue weighted by atomic mass is 9.95. The molecule has 0 saturated heterocycles. The Morgan fingerprint density at radius 3 is 2.50 bits per heavy atom. The molecular weight excluding hydrogens is 412 g/mol. The zero-order valence-electron chi connectivity index (χ0n) is 18.7. The highest BCUT2D eigenvalue weighted by Gasteiger charge is 2.48. The van der Waals surface area contributed by atoms with Gasteiger partial charge in [-0.25, -0.2) is 4.79 Å². The summed E-state index contributed by atoms with van der Waals surface area (Å²) in [6.07, 6.45) is 3.68. The van der Waals surface area contributed by atoms with E-state index in [1.807, 2.05) is 25.1 Å². The minimum Gasteiger partial charge on any atom is -0.493 e. The van der Waals surface area contributed by atoms with Crippen molar-refractivity contribution in [2.24, 2.45) is 0 Å². The van der Waals surface area contributed by atoms with Gasteiger partial charge in [0, 0.05) is 17.5 Å². The van der Waals surface area contributed by atoms with Crippen LogP contribution in [-0.4, -0.2) is 38.4 Å². The molecule has 1 fully saturated rings. The van der Waals surface area contributed by atoms with Crippen LogP contribution in [0.25, 0.3) is 11.1 Å². The lowest BCUT2D eigenvalue weighted by molar-refractivity contribution is -0.153. The maximum Gasteiger partial charge on any atom is 0.338 e. The Morgan fingerprint density at radius 2 is 1.81 bits per heavy atom. The fourth-order valence-electron chi connectivity index (χ4n) is 3.89. The van der Waals surface area contributed by atoms with Crippen LogP contribution >= 0.6 is 0 Å². The second-order valence-electron chi connectivity index (χ2n) is 8.13. The van der Waals surface area contributed by atoms with Crippen molar-refractivity contribution in [2.45, 2.75) is 51.2 Å². The molecular formula is C25H28O7. The summed E-state index contributed by atoms with van der Waals surface area (Å²) in [6, 6.07) is 9.17. The minimum absolute atomic E-state index is 0.192. The number of carbonyl (C=O) groups is 2. The molecule has 2 aromatic carbocycles. The first-order chi connectivity index (χ1) is 15.5. The number of benzene rings is 2. The van der Waals surface area contributed by atoms with Gasteiger partial charge in [-0.1, -0.05) is 25.5 Å². The van der Waals surface area contributed by atoms with Crippen molar-refractivity contribution < 1.29 is 33.3 Å². The van der Waals surface area contributed by atoms with Crippen LogP contribution in [0.2, 0.25) is 0 Å². The van der Waals surface area contributed by atoms with Gasteiger partial charge in [-0.3, -0.25) is 4.79 Å². The van der Waals surface area contributed by atoms with Crippen molar-refractivity contribution in [3.05, 3.63) is 41.5 Å². The predicted octanol–water partition coefficient (Wildman–Crippen LogP) is 4.69. The second kappa shape index (κ2) is 9.10. The molecule has 0 bridgehead atoms. The molecule has 0 N–H and O–H groups in total. The molecule has 0 amide bonds. The fourth-order valence-corrected chi connectivity index (χ4v) is 3.89. The Bertz CT molecular complexity index is 1020. The molecule has 1 heterocycles. The maximum atomic E-state index is 12.2. The average molecular weight is 440 g/mol. The molecule has 4 rings (SSSR count). The van der Waals surface area contributed by atoms with Crippen LogP contribution in [0, 0.1) is 0 Å². The standard InChI is InChI=1S/C25H28O7/c1-4-5-9-21(26)32-25(12-13-25)15-31-22-17(10-11-20(28-2)23(22)29-3)16-7-6-8-18-19(16)14-30-24(18)27/h6-8,10-11H,4-5,9,12-15H2,1-3H3. The first-order valence-electron chi connectivity index (χ1n) is 10.9. The normalized spacial score (nSPS) is 15.5. The molecule has 2 aliphatic rings. The van der Waals surface area contributed by atoms with Crippen LogP contribution < -0.4 is 14.2 Å². The number of hydrogen-bond donors (Lipinski definition) is 0. The maximum absolute atomic E-state index is 12.2. The van der Waals surface area contributed by atoms with Crippen molar-refractivity contribution in [3.63, 3.8) is 0 Å². The van der Waals surface area contributed by atoms with Crippen molar-refractivity contribution in [1.82, 2.24) is 0 Å². The zero-order valence-corrected chi connectivity index (χ0v) is 18.7. The third-order valence-corrected chi connectivity index (χ3v) is 5.89. The molecule has 7 nitrogen and oxygen atoms in total. The number of hydrogen-bond acceptors (Lipinski definition) is 7. The molecule has 2 aromatic rings. The van der Waals surface area contributed by atoms with E-state index in [2.05, 4.69) is 0 Å². The molecule has 0 aromatic heterocycles.